The largest absolute Gasteiger partial charge is 0.321 e. The van der Waals surface area contributed by atoms with Crippen molar-refractivity contribution in [2.75, 3.05) is 12.3 Å². The third-order valence-electron chi connectivity index (χ3n) is 4.56. The fraction of sp³-hybridized carbons (Fsp3) is 0.789. The molecule has 26 heavy (non-hydrogen) atoms. The van der Waals surface area contributed by atoms with Crippen LogP contribution in [0, 0.1) is 11.8 Å². The van der Waals surface area contributed by atoms with Crippen LogP contribution in [0.3, 0.4) is 0 Å². The Morgan fingerprint density at radius 3 is 2.35 bits per heavy atom. The van der Waals surface area contributed by atoms with E-state index < -0.39 is 11.3 Å². The summed E-state index contributed by atoms with van der Waals surface area (Å²) in [5.74, 6) is 0.168. The van der Waals surface area contributed by atoms with E-state index in [0.29, 0.717) is 25.1 Å². The van der Waals surface area contributed by atoms with Gasteiger partial charge >= 0.3 is 0 Å². The Balaban J connectivity index is 2.35. The van der Waals surface area contributed by atoms with Crippen LogP contribution < -0.4 is 5.73 Å². The van der Waals surface area contributed by atoms with Crippen molar-refractivity contribution in [2.45, 2.75) is 71.1 Å². The Labute approximate surface area is 160 Å². The lowest BCUT2D eigenvalue weighted by molar-refractivity contribution is -0.138. The Morgan fingerprint density at radius 1 is 1.12 bits per heavy atom. The van der Waals surface area contributed by atoms with Crippen LogP contribution in [-0.2, 0) is 19.2 Å². The highest BCUT2D eigenvalue weighted by Gasteiger charge is 2.38. The molecule has 0 aromatic heterocycles. The number of hydrogen-bond acceptors (Lipinski definition) is 6. The number of hydrogen-bond donors (Lipinski definition) is 1. The maximum Gasteiger partial charge on any atom is 0.242 e. The summed E-state index contributed by atoms with van der Waals surface area (Å²) in [6, 6.07) is -0.601. The molecule has 7 heteroatoms. The van der Waals surface area contributed by atoms with Gasteiger partial charge in [0.15, 0.2) is 5.78 Å². The summed E-state index contributed by atoms with van der Waals surface area (Å²) in [7, 11) is 0. The van der Waals surface area contributed by atoms with Gasteiger partial charge in [0.05, 0.1) is 11.3 Å². The van der Waals surface area contributed by atoms with Crippen LogP contribution in [0.2, 0.25) is 0 Å². The van der Waals surface area contributed by atoms with Crippen molar-refractivity contribution in [3.05, 3.63) is 0 Å². The lowest BCUT2D eigenvalue weighted by Gasteiger charge is -2.16. The van der Waals surface area contributed by atoms with Crippen molar-refractivity contribution < 1.29 is 19.2 Å². The first-order valence-electron chi connectivity index (χ1n) is 9.43. The number of ketones is 2. The fourth-order valence-electron chi connectivity index (χ4n) is 2.78. The lowest BCUT2D eigenvalue weighted by atomic mass is 10.0. The SMILES string of the molecule is CC(C)C(=O)CCCCCN1C(=O)CC(SCC(N)C(=O)C(C)C)C1=O. The second-order valence-corrected chi connectivity index (χ2v) is 8.74. The number of amides is 2. The van der Waals surface area contributed by atoms with Crippen LogP contribution in [0.1, 0.15) is 59.8 Å². The molecule has 1 aliphatic heterocycles. The maximum absolute atomic E-state index is 12.4. The molecule has 0 aromatic rings. The van der Waals surface area contributed by atoms with Gasteiger partial charge in [-0.15, -0.1) is 11.8 Å². The summed E-state index contributed by atoms with van der Waals surface area (Å²) in [5, 5.41) is -0.434. The predicted octanol–water partition coefficient (Wildman–Crippen LogP) is 2.18. The summed E-state index contributed by atoms with van der Waals surface area (Å²) >= 11 is 1.30. The average molecular weight is 385 g/mol. The minimum absolute atomic E-state index is 0.0259. The zero-order chi connectivity index (χ0) is 19.9. The van der Waals surface area contributed by atoms with Gasteiger partial charge in [0, 0.05) is 37.0 Å². The summed E-state index contributed by atoms with van der Waals surface area (Å²) < 4.78 is 0. The zero-order valence-corrected chi connectivity index (χ0v) is 17.1. The Bertz CT molecular complexity index is 534. The first kappa shape index (κ1) is 22.8. The summed E-state index contributed by atoms with van der Waals surface area (Å²) in [4.78, 5) is 49.2. The van der Waals surface area contributed by atoms with Crippen LogP contribution in [0.25, 0.3) is 0 Å². The molecule has 6 nitrogen and oxygen atoms in total. The van der Waals surface area contributed by atoms with Crippen LogP contribution in [0.15, 0.2) is 0 Å². The quantitative estimate of drug-likeness (QED) is 0.409. The number of imide groups is 1. The molecule has 1 rings (SSSR count). The van der Waals surface area contributed by atoms with Crippen molar-refractivity contribution in [3.63, 3.8) is 0 Å². The molecule has 0 aliphatic carbocycles. The van der Waals surface area contributed by atoms with Crippen molar-refractivity contribution in [1.29, 1.82) is 0 Å². The standard InChI is InChI=1S/C19H32N2O4S/c1-12(2)15(22)8-6-5-7-9-21-17(23)10-16(19(21)25)26-11-14(20)18(24)13(3)4/h12-14,16H,5-11,20H2,1-4H3. The van der Waals surface area contributed by atoms with E-state index >= 15 is 0 Å². The van der Waals surface area contributed by atoms with Crippen LogP contribution in [-0.4, -0.2) is 51.9 Å². The van der Waals surface area contributed by atoms with Gasteiger partial charge in [-0.3, -0.25) is 24.1 Å². The number of nitrogens with two attached hydrogens (primary N) is 1. The highest BCUT2D eigenvalue weighted by Crippen LogP contribution is 2.26. The molecule has 0 radical (unpaired) electrons. The monoisotopic (exact) mass is 384 g/mol. The molecule has 1 heterocycles. The Hall–Kier alpha value is -1.21. The predicted molar refractivity (Wildman–Crippen MR) is 104 cm³/mol. The normalized spacial score (nSPS) is 18.9. The molecule has 148 valence electrons. The highest BCUT2D eigenvalue weighted by atomic mass is 32.2. The van der Waals surface area contributed by atoms with E-state index in [4.69, 9.17) is 5.73 Å². The molecular weight excluding hydrogens is 352 g/mol. The topological polar surface area (TPSA) is 97.5 Å². The number of likely N-dealkylation sites (tertiary alicyclic amines) is 1. The van der Waals surface area contributed by atoms with Gasteiger partial charge in [0.25, 0.3) is 0 Å². The third-order valence-corrected chi connectivity index (χ3v) is 5.89. The molecule has 0 spiro atoms. The summed E-state index contributed by atoms with van der Waals surface area (Å²) in [5.41, 5.74) is 5.86. The second kappa shape index (κ2) is 10.8. The van der Waals surface area contributed by atoms with E-state index in [1.807, 2.05) is 13.8 Å². The molecule has 2 N–H and O–H groups in total. The molecule has 0 saturated carbocycles. The number of unbranched alkanes of at least 4 members (excludes halogenated alkanes) is 2. The number of nitrogens with zero attached hydrogens (tertiary/aromatic N) is 1. The van der Waals surface area contributed by atoms with Gasteiger partial charge in [0.1, 0.15) is 5.78 Å². The molecule has 1 saturated heterocycles. The molecule has 2 atom stereocenters. The molecule has 0 aromatic carbocycles. The zero-order valence-electron chi connectivity index (χ0n) is 16.3. The van der Waals surface area contributed by atoms with Gasteiger partial charge in [-0.25, -0.2) is 0 Å². The van der Waals surface area contributed by atoms with Crippen molar-refractivity contribution in [2.24, 2.45) is 17.6 Å². The molecule has 2 amide bonds. The molecular formula is C19H32N2O4S. The maximum atomic E-state index is 12.4. The first-order chi connectivity index (χ1) is 12.1. The number of thioether (sulfide) groups is 1. The van der Waals surface area contributed by atoms with Crippen molar-refractivity contribution in [3.8, 4) is 0 Å². The molecule has 2 unspecified atom stereocenters. The van der Waals surface area contributed by atoms with Crippen LogP contribution in [0.5, 0.6) is 0 Å². The van der Waals surface area contributed by atoms with Gasteiger partial charge in [-0.2, -0.15) is 0 Å². The minimum Gasteiger partial charge on any atom is -0.321 e. The fourth-order valence-corrected chi connectivity index (χ4v) is 3.92. The molecule has 1 aliphatic rings. The Morgan fingerprint density at radius 2 is 1.77 bits per heavy atom. The lowest BCUT2D eigenvalue weighted by Crippen LogP contribution is -2.37. The van der Waals surface area contributed by atoms with E-state index in [2.05, 4.69) is 0 Å². The van der Waals surface area contributed by atoms with Gasteiger partial charge in [-0.1, -0.05) is 34.1 Å². The minimum atomic E-state index is -0.601. The summed E-state index contributed by atoms with van der Waals surface area (Å²) in [6.45, 7) is 7.79. The van der Waals surface area contributed by atoms with E-state index in [1.54, 1.807) is 13.8 Å². The second-order valence-electron chi connectivity index (χ2n) is 7.50. The number of carbonyl (C=O) groups is 4. The number of rotatable bonds is 12. The van der Waals surface area contributed by atoms with Crippen molar-refractivity contribution in [1.82, 2.24) is 4.90 Å². The van der Waals surface area contributed by atoms with Crippen molar-refractivity contribution >= 4 is 35.1 Å². The summed E-state index contributed by atoms with van der Waals surface area (Å²) in [6.07, 6.45) is 3.06. The smallest absolute Gasteiger partial charge is 0.242 e. The van der Waals surface area contributed by atoms with Crippen LogP contribution >= 0.6 is 11.8 Å². The average Bonchev–Trinajstić information content (AvgIpc) is 2.85. The van der Waals surface area contributed by atoms with Crippen LogP contribution in [0.4, 0.5) is 0 Å². The number of Topliss-reactive ketones (excluding diaryl/α,β-unsaturated/α-hetero) is 2. The van der Waals surface area contributed by atoms with Gasteiger partial charge < -0.3 is 5.73 Å². The van der Waals surface area contributed by atoms with E-state index in [1.165, 1.54) is 16.7 Å². The Kier molecular flexibility index (Phi) is 9.50. The molecule has 1 fully saturated rings. The first-order valence-corrected chi connectivity index (χ1v) is 10.5. The third kappa shape index (κ3) is 6.83. The van der Waals surface area contributed by atoms with Gasteiger partial charge in [0.2, 0.25) is 11.8 Å². The van der Waals surface area contributed by atoms with Gasteiger partial charge in [-0.05, 0) is 12.8 Å². The van der Waals surface area contributed by atoms with E-state index in [0.717, 1.165) is 12.8 Å². The van der Waals surface area contributed by atoms with E-state index in [9.17, 15) is 19.2 Å². The molecule has 0 bridgehead atoms. The number of carbonyl (C=O) groups excluding carboxylic acids is 4. The highest BCUT2D eigenvalue weighted by molar-refractivity contribution is 8.00. The van der Waals surface area contributed by atoms with E-state index in [-0.39, 0.29) is 41.6 Å².